The molecule has 124 valence electrons. The minimum atomic E-state index is -0.279. The van der Waals surface area contributed by atoms with Gasteiger partial charge in [-0.25, -0.2) is 0 Å². The zero-order valence-electron chi connectivity index (χ0n) is 13.5. The van der Waals surface area contributed by atoms with Crippen molar-refractivity contribution in [1.29, 1.82) is 0 Å². The van der Waals surface area contributed by atoms with Crippen molar-refractivity contribution in [1.82, 2.24) is 0 Å². The molecule has 0 bridgehead atoms. The third-order valence-corrected chi connectivity index (χ3v) is 4.87. The molecule has 0 radical (unpaired) electrons. The molecule has 0 aromatic heterocycles. The van der Waals surface area contributed by atoms with Crippen LogP contribution in [0.3, 0.4) is 0 Å². The van der Waals surface area contributed by atoms with Crippen molar-refractivity contribution in [2.24, 2.45) is 0 Å². The van der Waals surface area contributed by atoms with Gasteiger partial charge in [0.2, 0.25) is 0 Å². The molecule has 2 N–H and O–H groups in total. The summed E-state index contributed by atoms with van der Waals surface area (Å²) in [6, 6.07) is 20.2. The molecular weight excluding hydrogens is 304 g/mol. The predicted octanol–water partition coefficient (Wildman–Crippen LogP) is 3.71. The Kier molecular flexibility index (Phi) is 8.23. The number of rotatable bonds is 10. The number of aliphatic hydroxyl groups is 2. The van der Waals surface area contributed by atoms with Crippen molar-refractivity contribution in [3.63, 3.8) is 0 Å². The molecule has 2 nitrogen and oxygen atoms in total. The van der Waals surface area contributed by atoms with Gasteiger partial charge in [0.25, 0.3) is 0 Å². The van der Waals surface area contributed by atoms with Crippen LogP contribution in [0.2, 0.25) is 0 Å². The topological polar surface area (TPSA) is 40.5 Å². The van der Waals surface area contributed by atoms with E-state index in [-0.39, 0.29) is 12.2 Å². The molecule has 2 aromatic rings. The molecule has 2 atom stereocenters. The van der Waals surface area contributed by atoms with Gasteiger partial charge in [0, 0.05) is 0 Å². The van der Waals surface area contributed by atoms with Crippen molar-refractivity contribution in [3.8, 4) is 0 Å². The summed E-state index contributed by atoms with van der Waals surface area (Å²) in [6.45, 7) is 0. The number of aliphatic hydroxyl groups excluding tert-OH is 2. The third-order valence-electron chi connectivity index (χ3n) is 3.82. The summed E-state index contributed by atoms with van der Waals surface area (Å²) in [4.78, 5) is 0. The van der Waals surface area contributed by atoms with Crippen molar-refractivity contribution >= 4 is 11.8 Å². The van der Waals surface area contributed by atoms with Crippen LogP contribution in [0, 0.1) is 0 Å². The van der Waals surface area contributed by atoms with Gasteiger partial charge in [0.1, 0.15) is 0 Å². The van der Waals surface area contributed by atoms with E-state index in [1.54, 1.807) is 0 Å². The smallest absolute Gasteiger partial charge is 0.0588 e. The van der Waals surface area contributed by atoms with Crippen LogP contribution >= 0.6 is 11.8 Å². The molecule has 0 heterocycles. The lowest BCUT2D eigenvalue weighted by Gasteiger charge is -2.12. The van der Waals surface area contributed by atoms with Crippen molar-refractivity contribution in [2.75, 3.05) is 11.5 Å². The van der Waals surface area contributed by atoms with Crippen LogP contribution in [0.4, 0.5) is 0 Å². The van der Waals surface area contributed by atoms with E-state index in [1.807, 2.05) is 48.2 Å². The average Bonchev–Trinajstić information content (AvgIpc) is 2.56. The summed E-state index contributed by atoms with van der Waals surface area (Å²) in [5.41, 5.74) is 2.37. The van der Waals surface area contributed by atoms with Crippen molar-refractivity contribution in [2.45, 2.75) is 37.9 Å². The van der Waals surface area contributed by atoms with Crippen LogP contribution in [0.15, 0.2) is 60.7 Å². The normalized spacial score (nSPS) is 13.7. The molecule has 2 rings (SSSR count). The first-order valence-electron chi connectivity index (χ1n) is 8.26. The van der Waals surface area contributed by atoms with Crippen LogP contribution in [0.25, 0.3) is 0 Å². The van der Waals surface area contributed by atoms with Crippen molar-refractivity contribution < 1.29 is 10.2 Å². The molecule has 3 heteroatoms. The zero-order chi connectivity index (χ0) is 16.3. The maximum Gasteiger partial charge on any atom is 0.0588 e. The first-order valence-corrected chi connectivity index (χ1v) is 9.41. The average molecular weight is 330 g/mol. The molecular formula is C20H26O2S. The molecule has 0 fully saturated rings. The van der Waals surface area contributed by atoms with Gasteiger partial charge >= 0.3 is 0 Å². The number of hydrogen-bond donors (Lipinski definition) is 2. The van der Waals surface area contributed by atoms with E-state index >= 15 is 0 Å². The van der Waals surface area contributed by atoms with Crippen LogP contribution in [0.1, 0.15) is 24.0 Å². The fourth-order valence-corrected chi connectivity index (χ4v) is 3.60. The molecule has 0 aliphatic rings. The Morgan fingerprint density at radius 3 is 1.43 bits per heavy atom. The molecule has 2 unspecified atom stereocenters. The Hall–Kier alpha value is -1.29. The highest BCUT2D eigenvalue weighted by Crippen LogP contribution is 2.13. The second kappa shape index (κ2) is 10.5. The van der Waals surface area contributed by atoms with E-state index in [9.17, 15) is 10.2 Å². The minimum Gasteiger partial charge on any atom is -0.393 e. The van der Waals surface area contributed by atoms with E-state index in [4.69, 9.17) is 0 Å². The van der Waals surface area contributed by atoms with E-state index < -0.39 is 0 Å². The third kappa shape index (κ3) is 7.69. The van der Waals surface area contributed by atoms with Gasteiger partial charge in [-0.05, 0) is 48.3 Å². The second-order valence-electron chi connectivity index (χ2n) is 5.88. The first kappa shape index (κ1) is 18.1. The Balaban J connectivity index is 1.53. The fraction of sp³-hybridized carbons (Fsp3) is 0.400. The maximum atomic E-state index is 10.0. The molecule has 2 aromatic carbocycles. The monoisotopic (exact) mass is 330 g/mol. The van der Waals surface area contributed by atoms with Crippen LogP contribution in [-0.2, 0) is 12.8 Å². The summed E-state index contributed by atoms with van der Waals surface area (Å²) in [5.74, 6) is 1.87. The predicted molar refractivity (Wildman–Crippen MR) is 98.9 cm³/mol. The standard InChI is InChI=1S/C20H26O2S/c21-19(15-17-7-3-1-4-8-17)11-13-23-14-12-20(22)16-18-9-5-2-6-10-18/h1-10,19-22H,11-16H2. The SMILES string of the molecule is OC(CCSCCC(O)Cc1ccccc1)Cc1ccccc1. The van der Waals surface area contributed by atoms with Crippen LogP contribution in [-0.4, -0.2) is 33.9 Å². The number of benzene rings is 2. The quantitative estimate of drug-likeness (QED) is 0.653. The molecule has 23 heavy (non-hydrogen) atoms. The molecule has 0 saturated carbocycles. The van der Waals surface area contributed by atoms with Gasteiger partial charge in [-0.2, -0.15) is 11.8 Å². The number of thioether (sulfide) groups is 1. The highest BCUT2D eigenvalue weighted by molar-refractivity contribution is 7.99. The number of hydrogen-bond acceptors (Lipinski definition) is 3. The Labute approximate surface area is 143 Å². The Bertz CT molecular complexity index is 480. The molecule has 0 aliphatic carbocycles. The minimum absolute atomic E-state index is 0.279. The molecule has 0 amide bonds. The summed E-state index contributed by atoms with van der Waals surface area (Å²) < 4.78 is 0. The van der Waals surface area contributed by atoms with E-state index in [0.717, 1.165) is 37.2 Å². The maximum absolute atomic E-state index is 10.0. The van der Waals surface area contributed by atoms with Crippen LogP contribution < -0.4 is 0 Å². The van der Waals surface area contributed by atoms with E-state index in [2.05, 4.69) is 24.3 Å². The summed E-state index contributed by atoms with van der Waals surface area (Å²) in [5, 5.41) is 20.1. The lowest BCUT2D eigenvalue weighted by molar-refractivity contribution is 0.171. The lowest BCUT2D eigenvalue weighted by Crippen LogP contribution is -2.13. The zero-order valence-corrected chi connectivity index (χ0v) is 14.3. The molecule has 0 spiro atoms. The Morgan fingerprint density at radius 1 is 0.652 bits per heavy atom. The summed E-state index contributed by atoms with van der Waals surface area (Å²) in [6.07, 6.45) is 2.48. The van der Waals surface area contributed by atoms with Gasteiger partial charge in [-0.15, -0.1) is 0 Å². The Morgan fingerprint density at radius 2 is 1.04 bits per heavy atom. The van der Waals surface area contributed by atoms with Crippen molar-refractivity contribution in [3.05, 3.63) is 71.8 Å². The van der Waals surface area contributed by atoms with Gasteiger partial charge in [0.15, 0.2) is 0 Å². The van der Waals surface area contributed by atoms with Gasteiger partial charge in [-0.1, -0.05) is 60.7 Å². The molecule has 0 saturated heterocycles. The van der Waals surface area contributed by atoms with Crippen LogP contribution in [0.5, 0.6) is 0 Å². The largest absolute Gasteiger partial charge is 0.393 e. The fourth-order valence-electron chi connectivity index (χ4n) is 2.52. The van der Waals surface area contributed by atoms with E-state index in [1.165, 1.54) is 11.1 Å². The highest BCUT2D eigenvalue weighted by atomic mass is 32.2. The summed E-state index contributed by atoms with van der Waals surface area (Å²) >= 11 is 1.81. The lowest BCUT2D eigenvalue weighted by atomic mass is 10.1. The van der Waals surface area contributed by atoms with Gasteiger partial charge in [-0.3, -0.25) is 0 Å². The summed E-state index contributed by atoms with van der Waals surface area (Å²) in [7, 11) is 0. The van der Waals surface area contributed by atoms with E-state index in [0.29, 0.717) is 0 Å². The highest BCUT2D eigenvalue weighted by Gasteiger charge is 2.07. The van der Waals surface area contributed by atoms with Gasteiger partial charge < -0.3 is 10.2 Å². The first-order chi connectivity index (χ1) is 11.2. The van der Waals surface area contributed by atoms with Gasteiger partial charge in [0.05, 0.1) is 12.2 Å². The molecule has 0 aliphatic heterocycles. The second-order valence-corrected chi connectivity index (χ2v) is 7.10.